The molecule has 3 N–H and O–H groups in total. The highest BCUT2D eigenvalue weighted by Crippen LogP contribution is 2.48. The number of hydrogen-bond donors (Lipinski definition) is 3. The quantitative estimate of drug-likeness (QED) is 0.451. The van der Waals surface area contributed by atoms with Gasteiger partial charge in [0.25, 0.3) is 0 Å². The summed E-state index contributed by atoms with van der Waals surface area (Å²) >= 11 is 0. The standard InChI is InChI=1S/C26H26O7/c1-12(2)6-7-14-16(27)10-18(29)22-24(30)23-21(8-13(3)4)32-19-11-20(31-5)17(28)9-15(19)26(23)33-25(14)22/h6,8-11,21,27-29H,7H2,1-5H3/t21-/m1/s1. The molecule has 7 nitrogen and oxygen atoms in total. The Bertz CT molecular complexity index is 1380. The predicted octanol–water partition coefficient (Wildman–Crippen LogP) is 5.49. The van der Waals surface area contributed by atoms with Crippen LogP contribution in [0.4, 0.5) is 0 Å². The minimum Gasteiger partial charge on any atom is -0.507 e. The molecule has 0 bridgehead atoms. The topological polar surface area (TPSA) is 109 Å². The molecule has 0 radical (unpaired) electrons. The van der Waals surface area contributed by atoms with Crippen molar-refractivity contribution in [3.05, 3.63) is 62.8 Å². The van der Waals surface area contributed by atoms with Gasteiger partial charge in [-0.15, -0.1) is 0 Å². The van der Waals surface area contributed by atoms with Crippen LogP contribution in [0.15, 0.2) is 50.7 Å². The Morgan fingerprint density at radius 1 is 1.03 bits per heavy atom. The molecule has 1 aliphatic heterocycles. The SMILES string of the molecule is COc1cc2c(cc1O)-c1oc3c(CC=C(C)C)c(O)cc(O)c3c(=O)c1[C@@H](C=C(C)C)O2. The van der Waals surface area contributed by atoms with E-state index in [9.17, 15) is 20.1 Å². The van der Waals surface area contributed by atoms with E-state index in [1.807, 2.05) is 33.8 Å². The van der Waals surface area contributed by atoms with Gasteiger partial charge in [0.1, 0.15) is 40.1 Å². The summed E-state index contributed by atoms with van der Waals surface area (Å²) in [6.45, 7) is 7.61. The van der Waals surface area contributed by atoms with Crippen LogP contribution >= 0.6 is 0 Å². The summed E-state index contributed by atoms with van der Waals surface area (Å²) in [4.78, 5) is 13.7. The Balaban J connectivity index is 2.14. The second kappa shape index (κ2) is 8.24. The van der Waals surface area contributed by atoms with E-state index in [1.165, 1.54) is 19.2 Å². The molecule has 3 aromatic rings. The van der Waals surface area contributed by atoms with Crippen molar-refractivity contribution >= 4 is 11.0 Å². The zero-order valence-corrected chi connectivity index (χ0v) is 19.1. The number of allylic oxidation sites excluding steroid dienone is 3. The van der Waals surface area contributed by atoms with Crippen molar-refractivity contribution in [2.24, 2.45) is 0 Å². The van der Waals surface area contributed by atoms with Crippen LogP contribution in [-0.4, -0.2) is 22.4 Å². The van der Waals surface area contributed by atoms with Crippen LogP contribution in [0, 0.1) is 0 Å². The highest BCUT2D eigenvalue weighted by molar-refractivity contribution is 5.91. The van der Waals surface area contributed by atoms with Crippen LogP contribution in [0.1, 0.15) is 44.9 Å². The summed E-state index contributed by atoms with van der Waals surface area (Å²) in [6, 6.07) is 4.11. The Kier molecular flexibility index (Phi) is 5.57. The van der Waals surface area contributed by atoms with Crippen molar-refractivity contribution in [2.45, 2.75) is 40.2 Å². The molecule has 7 heteroatoms. The second-order valence-corrected chi connectivity index (χ2v) is 8.56. The summed E-state index contributed by atoms with van der Waals surface area (Å²) < 4.78 is 17.6. The summed E-state index contributed by atoms with van der Waals surface area (Å²) in [5, 5.41) is 31.4. The minimum absolute atomic E-state index is 0.0272. The number of ether oxygens (including phenoxy) is 2. The zero-order valence-electron chi connectivity index (χ0n) is 19.1. The molecule has 4 rings (SSSR count). The normalized spacial score (nSPS) is 14.2. The maximum Gasteiger partial charge on any atom is 0.204 e. The number of fused-ring (bicyclic) bond motifs is 4. The third kappa shape index (κ3) is 3.80. The van der Waals surface area contributed by atoms with Crippen molar-refractivity contribution in [3.8, 4) is 40.1 Å². The smallest absolute Gasteiger partial charge is 0.204 e. The maximum atomic E-state index is 13.7. The van der Waals surface area contributed by atoms with Gasteiger partial charge in [0.05, 0.1) is 18.2 Å². The third-order valence-corrected chi connectivity index (χ3v) is 5.52. The first kappa shape index (κ1) is 22.3. The molecular weight excluding hydrogens is 424 g/mol. The molecule has 0 aliphatic carbocycles. The van der Waals surface area contributed by atoms with Gasteiger partial charge < -0.3 is 29.2 Å². The fourth-order valence-corrected chi connectivity index (χ4v) is 3.97. The van der Waals surface area contributed by atoms with Crippen molar-refractivity contribution in [1.29, 1.82) is 0 Å². The summed E-state index contributed by atoms with van der Waals surface area (Å²) in [6.07, 6.45) is 3.21. The van der Waals surface area contributed by atoms with E-state index >= 15 is 0 Å². The molecule has 33 heavy (non-hydrogen) atoms. The molecule has 1 atom stereocenters. The van der Waals surface area contributed by atoms with Crippen LogP contribution in [-0.2, 0) is 6.42 Å². The van der Waals surface area contributed by atoms with Gasteiger partial charge in [0.2, 0.25) is 5.43 Å². The molecule has 0 amide bonds. The first-order valence-electron chi connectivity index (χ1n) is 10.5. The number of phenolic OH excluding ortho intramolecular Hbond substituents is 3. The number of methoxy groups -OCH3 is 1. The summed E-state index contributed by atoms with van der Waals surface area (Å²) in [5.41, 5.74) is 2.52. The number of phenols is 3. The zero-order chi connectivity index (χ0) is 24.0. The molecule has 1 aliphatic rings. The van der Waals surface area contributed by atoms with E-state index in [1.54, 1.807) is 6.08 Å². The van der Waals surface area contributed by atoms with Crippen LogP contribution in [0.5, 0.6) is 28.7 Å². The monoisotopic (exact) mass is 450 g/mol. The van der Waals surface area contributed by atoms with Gasteiger partial charge in [-0.2, -0.15) is 0 Å². The fourth-order valence-electron chi connectivity index (χ4n) is 3.97. The molecule has 1 aromatic heterocycles. The van der Waals surface area contributed by atoms with Crippen molar-refractivity contribution in [2.75, 3.05) is 7.11 Å². The molecule has 2 heterocycles. The minimum atomic E-state index is -0.776. The van der Waals surface area contributed by atoms with E-state index < -0.39 is 11.5 Å². The van der Waals surface area contributed by atoms with Gasteiger partial charge >= 0.3 is 0 Å². The largest absolute Gasteiger partial charge is 0.507 e. The van der Waals surface area contributed by atoms with E-state index in [2.05, 4.69) is 0 Å². The molecular formula is C26H26O7. The molecule has 172 valence electrons. The highest BCUT2D eigenvalue weighted by atomic mass is 16.5. The van der Waals surface area contributed by atoms with Gasteiger partial charge in [0.15, 0.2) is 11.5 Å². The van der Waals surface area contributed by atoms with E-state index in [0.29, 0.717) is 23.3 Å². The van der Waals surface area contributed by atoms with Gasteiger partial charge in [-0.1, -0.05) is 17.2 Å². The number of rotatable bonds is 4. The third-order valence-electron chi connectivity index (χ3n) is 5.52. The second-order valence-electron chi connectivity index (χ2n) is 8.56. The van der Waals surface area contributed by atoms with E-state index in [-0.39, 0.29) is 45.3 Å². The van der Waals surface area contributed by atoms with Crippen LogP contribution in [0.3, 0.4) is 0 Å². The Labute approximate surface area is 190 Å². The molecule has 0 saturated carbocycles. The molecule has 0 fully saturated rings. The lowest BCUT2D eigenvalue weighted by Crippen LogP contribution is -2.22. The van der Waals surface area contributed by atoms with E-state index in [4.69, 9.17) is 13.9 Å². The van der Waals surface area contributed by atoms with Gasteiger partial charge in [-0.3, -0.25) is 4.79 Å². The average Bonchev–Trinajstić information content (AvgIpc) is 2.72. The van der Waals surface area contributed by atoms with E-state index in [0.717, 1.165) is 17.2 Å². The first-order valence-corrected chi connectivity index (χ1v) is 10.5. The Morgan fingerprint density at radius 2 is 1.76 bits per heavy atom. The van der Waals surface area contributed by atoms with Crippen LogP contribution in [0.25, 0.3) is 22.3 Å². The number of benzene rings is 2. The van der Waals surface area contributed by atoms with Crippen LogP contribution in [0.2, 0.25) is 0 Å². The number of aromatic hydroxyl groups is 3. The lowest BCUT2D eigenvalue weighted by atomic mass is 9.94. The van der Waals surface area contributed by atoms with Crippen molar-refractivity contribution in [1.82, 2.24) is 0 Å². The molecule has 0 spiro atoms. The van der Waals surface area contributed by atoms with Crippen LogP contribution < -0.4 is 14.9 Å². The first-order chi connectivity index (χ1) is 15.6. The number of hydrogen-bond acceptors (Lipinski definition) is 7. The van der Waals surface area contributed by atoms with Gasteiger partial charge in [-0.25, -0.2) is 0 Å². The highest BCUT2D eigenvalue weighted by Gasteiger charge is 2.33. The molecule has 2 aromatic carbocycles. The Morgan fingerprint density at radius 3 is 2.39 bits per heavy atom. The lowest BCUT2D eigenvalue weighted by molar-refractivity contribution is 0.242. The fraction of sp³-hybridized carbons (Fsp3) is 0.269. The van der Waals surface area contributed by atoms with Crippen molar-refractivity contribution in [3.63, 3.8) is 0 Å². The van der Waals surface area contributed by atoms with Crippen molar-refractivity contribution < 1.29 is 29.2 Å². The lowest BCUT2D eigenvalue weighted by Gasteiger charge is -2.27. The Hall–Kier alpha value is -3.87. The molecule has 0 unspecified atom stereocenters. The predicted molar refractivity (Wildman–Crippen MR) is 125 cm³/mol. The van der Waals surface area contributed by atoms with Gasteiger partial charge in [0, 0.05) is 17.7 Å². The average molecular weight is 450 g/mol. The summed E-state index contributed by atoms with van der Waals surface area (Å²) in [5.74, 6) is 0.106. The summed E-state index contributed by atoms with van der Waals surface area (Å²) in [7, 11) is 1.43. The molecule has 0 saturated heterocycles. The maximum absolute atomic E-state index is 13.7. The van der Waals surface area contributed by atoms with Gasteiger partial charge in [-0.05, 0) is 46.3 Å².